The fourth-order valence-electron chi connectivity index (χ4n) is 1.49. The van der Waals surface area contributed by atoms with Gasteiger partial charge in [-0.25, -0.2) is 9.59 Å². The monoisotopic (exact) mass is 320 g/mol. The molecule has 1 aromatic carbocycles. The number of urea groups is 1. The zero-order chi connectivity index (χ0) is 17.0. The Labute approximate surface area is 123 Å². The molecule has 0 radical (unpaired) electrons. The van der Waals surface area contributed by atoms with Crippen molar-refractivity contribution in [3.63, 3.8) is 0 Å². The van der Waals surface area contributed by atoms with E-state index in [2.05, 4.69) is 10.6 Å². The zero-order valence-electron chi connectivity index (χ0n) is 11.6. The first-order valence-corrected chi connectivity index (χ1v) is 6.16. The molecule has 0 aliphatic carbocycles. The van der Waals surface area contributed by atoms with Crippen molar-refractivity contribution in [1.82, 2.24) is 5.32 Å². The van der Waals surface area contributed by atoms with Gasteiger partial charge in [0.15, 0.2) is 5.60 Å². The van der Waals surface area contributed by atoms with Gasteiger partial charge in [0.25, 0.3) is 0 Å². The van der Waals surface area contributed by atoms with E-state index >= 15 is 0 Å². The minimum atomic E-state index is -4.36. The maximum atomic E-state index is 12.3. The molecule has 0 saturated carbocycles. The molecule has 0 bridgehead atoms. The number of benzene rings is 1. The third-order valence-corrected chi connectivity index (χ3v) is 2.64. The lowest BCUT2D eigenvalue weighted by Crippen LogP contribution is -2.47. The molecule has 0 saturated heterocycles. The Kier molecular flexibility index (Phi) is 5.37. The predicted octanol–water partition coefficient (Wildman–Crippen LogP) is 1.75. The fraction of sp³-hybridized carbons (Fsp3) is 0.385. The molecule has 0 heterocycles. The average Bonchev–Trinajstić information content (AvgIpc) is 2.34. The van der Waals surface area contributed by atoms with Gasteiger partial charge >= 0.3 is 18.2 Å². The molecule has 1 atom stereocenters. The normalized spacial score (nSPS) is 14.0. The summed E-state index contributed by atoms with van der Waals surface area (Å²) in [4.78, 5) is 22.2. The Bertz CT molecular complexity index is 558. The highest BCUT2D eigenvalue weighted by atomic mass is 19.4. The average molecular weight is 320 g/mol. The SMILES string of the molecule is CC(O)(CNC(=O)Nc1cccc(CC(F)(F)F)c1)C(=O)O. The molecule has 0 fully saturated rings. The first-order valence-electron chi connectivity index (χ1n) is 6.16. The Hall–Kier alpha value is -2.29. The Balaban J connectivity index is 2.62. The predicted molar refractivity (Wildman–Crippen MR) is 71.5 cm³/mol. The molecule has 1 unspecified atom stereocenters. The lowest BCUT2D eigenvalue weighted by molar-refractivity contribution is -0.155. The van der Waals surface area contributed by atoms with Crippen LogP contribution in [0.25, 0.3) is 0 Å². The van der Waals surface area contributed by atoms with Crippen LogP contribution in [0.15, 0.2) is 24.3 Å². The number of rotatable bonds is 5. The lowest BCUT2D eigenvalue weighted by Gasteiger charge is -2.18. The Morgan fingerprint density at radius 1 is 1.27 bits per heavy atom. The number of amides is 2. The highest BCUT2D eigenvalue weighted by Crippen LogP contribution is 2.22. The van der Waals surface area contributed by atoms with Crippen LogP contribution in [0.4, 0.5) is 23.7 Å². The summed E-state index contributed by atoms with van der Waals surface area (Å²) in [5.74, 6) is -1.51. The van der Waals surface area contributed by atoms with Crippen molar-refractivity contribution in [2.75, 3.05) is 11.9 Å². The second-order valence-electron chi connectivity index (χ2n) is 4.88. The van der Waals surface area contributed by atoms with E-state index in [-0.39, 0.29) is 11.3 Å². The van der Waals surface area contributed by atoms with Crippen molar-refractivity contribution < 1.29 is 33.0 Å². The second kappa shape index (κ2) is 6.65. The number of carboxylic acid groups (broad SMARTS) is 1. The molecular formula is C13H15F3N2O4. The van der Waals surface area contributed by atoms with Gasteiger partial charge in [-0.05, 0) is 24.6 Å². The van der Waals surface area contributed by atoms with Crippen molar-refractivity contribution in [3.8, 4) is 0 Å². The first-order chi connectivity index (χ1) is 9.99. The zero-order valence-corrected chi connectivity index (χ0v) is 11.6. The van der Waals surface area contributed by atoms with Crippen molar-refractivity contribution in [2.24, 2.45) is 0 Å². The largest absolute Gasteiger partial charge is 0.479 e. The quantitative estimate of drug-likeness (QED) is 0.664. The van der Waals surface area contributed by atoms with Crippen LogP contribution >= 0.6 is 0 Å². The molecule has 122 valence electrons. The van der Waals surface area contributed by atoms with Gasteiger partial charge in [-0.2, -0.15) is 13.2 Å². The summed E-state index contributed by atoms with van der Waals surface area (Å²) in [6.45, 7) is 0.440. The van der Waals surface area contributed by atoms with Crippen LogP contribution in [0.1, 0.15) is 12.5 Å². The molecule has 2 amide bonds. The second-order valence-corrected chi connectivity index (χ2v) is 4.88. The van der Waals surface area contributed by atoms with Crippen LogP contribution in [0.3, 0.4) is 0 Å². The van der Waals surface area contributed by atoms with Crippen LogP contribution in [0.2, 0.25) is 0 Å². The van der Waals surface area contributed by atoms with Gasteiger partial charge in [0.05, 0.1) is 13.0 Å². The van der Waals surface area contributed by atoms with Gasteiger partial charge in [-0.1, -0.05) is 12.1 Å². The molecule has 0 aliphatic heterocycles. The summed E-state index contributed by atoms with van der Waals surface area (Å²) in [7, 11) is 0. The van der Waals surface area contributed by atoms with Crippen molar-refractivity contribution in [3.05, 3.63) is 29.8 Å². The molecule has 6 nitrogen and oxygen atoms in total. The third kappa shape index (κ3) is 6.00. The number of carbonyl (C=O) groups excluding carboxylic acids is 1. The number of hydrogen-bond acceptors (Lipinski definition) is 3. The number of aliphatic hydroxyl groups is 1. The summed E-state index contributed by atoms with van der Waals surface area (Å²) in [5.41, 5.74) is -2.05. The summed E-state index contributed by atoms with van der Waals surface area (Å²) in [5, 5.41) is 22.4. The maximum Gasteiger partial charge on any atom is 0.393 e. The molecule has 0 aromatic heterocycles. The minimum Gasteiger partial charge on any atom is -0.479 e. The number of carbonyl (C=O) groups is 2. The van der Waals surface area contributed by atoms with Gasteiger partial charge < -0.3 is 20.8 Å². The van der Waals surface area contributed by atoms with E-state index in [0.29, 0.717) is 0 Å². The molecule has 4 N–H and O–H groups in total. The standard InChI is InChI=1S/C13H15F3N2O4/c1-12(22,10(19)20)7-17-11(21)18-9-4-2-3-8(5-9)6-13(14,15)16/h2-5,22H,6-7H2,1H3,(H,19,20)(H2,17,18,21). The van der Waals surface area contributed by atoms with E-state index < -0.39 is 36.7 Å². The highest BCUT2D eigenvalue weighted by Gasteiger charge is 2.30. The van der Waals surface area contributed by atoms with Crippen molar-refractivity contribution in [2.45, 2.75) is 25.1 Å². The minimum absolute atomic E-state index is 0.0252. The van der Waals surface area contributed by atoms with E-state index in [9.17, 15) is 27.9 Å². The molecule has 1 aromatic rings. The maximum absolute atomic E-state index is 12.3. The molecule has 22 heavy (non-hydrogen) atoms. The molecule has 0 aliphatic rings. The summed E-state index contributed by atoms with van der Waals surface area (Å²) < 4.78 is 36.8. The van der Waals surface area contributed by atoms with E-state index in [1.165, 1.54) is 18.2 Å². The fourth-order valence-corrected chi connectivity index (χ4v) is 1.49. The molecule has 9 heteroatoms. The molecule has 0 spiro atoms. The third-order valence-electron chi connectivity index (χ3n) is 2.64. The van der Waals surface area contributed by atoms with Crippen molar-refractivity contribution >= 4 is 17.7 Å². The number of carboxylic acids is 1. The topological polar surface area (TPSA) is 98.7 Å². The number of halogens is 3. The van der Waals surface area contributed by atoms with Crippen LogP contribution in [-0.4, -0.2) is 40.5 Å². The number of hydrogen-bond donors (Lipinski definition) is 4. The Morgan fingerprint density at radius 3 is 2.45 bits per heavy atom. The van der Waals surface area contributed by atoms with Gasteiger partial charge in [0.2, 0.25) is 0 Å². The van der Waals surface area contributed by atoms with Gasteiger partial charge in [-0.3, -0.25) is 0 Å². The van der Waals surface area contributed by atoms with Crippen LogP contribution in [-0.2, 0) is 11.2 Å². The summed E-state index contributed by atoms with van der Waals surface area (Å²) in [6, 6.07) is 4.32. The summed E-state index contributed by atoms with van der Waals surface area (Å²) in [6.07, 6.45) is -5.49. The van der Waals surface area contributed by atoms with Gasteiger partial charge in [0.1, 0.15) is 0 Å². The van der Waals surface area contributed by atoms with E-state index in [1.54, 1.807) is 0 Å². The number of aliphatic carboxylic acids is 1. The smallest absolute Gasteiger partial charge is 0.393 e. The van der Waals surface area contributed by atoms with E-state index in [0.717, 1.165) is 13.0 Å². The van der Waals surface area contributed by atoms with Crippen LogP contribution in [0, 0.1) is 0 Å². The van der Waals surface area contributed by atoms with Crippen molar-refractivity contribution in [1.29, 1.82) is 0 Å². The number of anilines is 1. The lowest BCUT2D eigenvalue weighted by atomic mass is 10.1. The van der Waals surface area contributed by atoms with E-state index in [4.69, 9.17) is 5.11 Å². The van der Waals surface area contributed by atoms with Crippen LogP contribution in [0.5, 0.6) is 0 Å². The molecular weight excluding hydrogens is 305 g/mol. The van der Waals surface area contributed by atoms with Gasteiger partial charge in [-0.15, -0.1) is 0 Å². The highest BCUT2D eigenvalue weighted by molar-refractivity contribution is 5.90. The van der Waals surface area contributed by atoms with E-state index in [1.807, 2.05) is 0 Å². The number of nitrogens with one attached hydrogen (secondary N) is 2. The summed E-state index contributed by atoms with van der Waals surface area (Å²) >= 11 is 0. The van der Waals surface area contributed by atoms with Gasteiger partial charge in [0, 0.05) is 5.69 Å². The molecule has 1 rings (SSSR count). The Morgan fingerprint density at radius 2 is 1.91 bits per heavy atom. The number of alkyl halides is 3. The first kappa shape index (κ1) is 17.8. The van der Waals surface area contributed by atoms with Crippen LogP contribution < -0.4 is 10.6 Å².